The van der Waals surface area contributed by atoms with E-state index in [-0.39, 0.29) is 18.3 Å². The highest BCUT2D eigenvalue weighted by Crippen LogP contribution is 2.32. The highest BCUT2D eigenvalue weighted by Gasteiger charge is 2.25. The van der Waals surface area contributed by atoms with E-state index >= 15 is 0 Å². The van der Waals surface area contributed by atoms with E-state index in [4.69, 9.17) is 9.47 Å². The van der Waals surface area contributed by atoms with Crippen molar-refractivity contribution in [2.45, 2.75) is 39.8 Å². The summed E-state index contributed by atoms with van der Waals surface area (Å²) in [5, 5.41) is 12.5. The van der Waals surface area contributed by atoms with Crippen LogP contribution in [-0.2, 0) is 11.3 Å². The number of hydrogen-bond acceptors (Lipinski definition) is 6. The van der Waals surface area contributed by atoms with Gasteiger partial charge in [0, 0.05) is 6.54 Å². The monoisotopic (exact) mass is 459 g/mol. The van der Waals surface area contributed by atoms with Crippen molar-refractivity contribution in [3.63, 3.8) is 0 Å². The van der Waals surface area contributed by atoms with Gasteiger partial charge in [-0.05, 0) is 50.1 Å². The number of rotatable bonds is 6. The van der Waals surface area contributed by atoms with Gasteiger partial charge in [-0.15, -0.1) is 0 Å². The molecule has 9 nitrogen and oxygen atoms in total. The molecule has 1 aliphatic rings. The van der Waals surface area contributed by atoms with Crippen LogP contribution in [-0.4, -0.2) is 32.3 Å². The number of hydrogen-bond donors (Lipinski definition) is 1. The summed E-state index contributed by atoms with van der Waals surface area (Å²) in [7, 11) is 0. The van der Waals surface area contributed by atoms with Crippen LogP contribution < -0.4 is 20.3 Å². The van der Waals surface area contributed by atoms with Crippen LogP contribution in [0, 0.1) is 13.8 Å². The molecule has 4 aromatic rings. The Hall–Kier alpha value is -4.14. The fourth-order valence-electron chi connectivity index (χ4n) is 4.24. The number of aromatic nitrogens is 4. The first-order chi connectivity index (χ1) is 16.5. The quantitative estimate of drug-likeness (QED) is 0.475. The summed E-state index contributed by atoms with van der Waals surface area (Å²) < 4.78 is 13.8. The molecule has 0 saturated carbocycles. The second-order valence-corrected chi connectivity index (χ2v) is 8.22. The van der Waals surface area contributed by atoms with Gasteiger partial charge in [0.25, 0.3) is 5.56 Å². The van der Waals surface area contributed by atoms with E-state index in [9.17, 15) is 9.59 Å². The van der Waals surface area contributed by atoms with E-state index in [1.165, 1.54) is 4.68 Å². The van der Waals surface area contributed by atoms with Crippen LogP contribution in [0.1, 0.15) is 36.3 Å². The Kier molecular flexibility index (Phi) is 5.53. The minimum Gasteiger partial charge on any atom is -0.454 e. The lowest BCUT2D eigenvalue weighted by atomic mass is 10.1. The van der Waals surface area contributed by atoms with Crippen LogP contribution in [0.25, 0.3) is 16.6 Å². The second-order valence-electron chi connectivity index (χ2n) is 8.22. The molecule has 9 heteroatoms. The van der Waals surface area contributed by atoms with Gasteiger partial charge in [0.15, 0.2) is 11.5 Å². The number of nitrogens with one attached hydrogen (secondary N) is 1. The number of fused-ring (bicyclic) bond motifs is 2. The summed E-state index contributed by atoms with van der Waals surface area (Å²) >= 11 is 0. The normalized spacial score (nSPS) is 13.3. The summed E-state index contributed by atoms with van der Waals surface area (Å²) in [6.45, 7) is 6.01. The number of ether oxygens (including phenoxy) is 2. The molecule has 0 radical (unpaired) electrons. The highest BCUT2D eigenvalue weighted by molar-refractivity contribution is 5.84. The Bertz CT molecular complexity index is 1440. The zero-order valence-corrected chi connectivity index (χ0v) is 19.2. The molecule has 1 atom stereocenters. The molecule has 0 spiro atoms. The molecule has 1 amide bonds. The second kappa shape index (κ2) is 8.66. The number of carbonyl (C=O) groups is 1. The highest BCUT2D eigenvalue weighted by atomic mass is 16.7. The molecule has 1 N–H and O–H groups in total. The number of amides is 1. The Morgan fingerprint density at radius 1 is 1.09 bits per heavy atom. The Morgan fingerprint density at radius 3 is 2.62 bits per heavy atom. The van der Waals surface area contributed by atoms with Crippen LogP contribution in [0.2, 0.25) is 0 Å². The van der Waals surface area contributed by atoms with Crippen LogP contribution >= 0.6 is 0 Å². The molecule has 0 aliphatic carbocycles. The fraction of sp³-hybridized carbons (Fsp3) is 0.280. The topological polar surface area (TPSA) is 100 Å². The smallest absolute Gasteiger partial charge is 0.278 e. The molecule has 0 fully saturated rings. The van der Waals surface area contributed by atoms with Gasteiger partial charge in [-0.3, -0.25) is 9.59 Å². The summed E-state index contributed by atoms with van der Waals surface area (Å²) in [4.78, 5) is 26.6. The van der Waals surface area contributed by atoms with Gasteiger partial charge in [0.1, 0.15) is 11.6 Å². The van der Waals surface area contributed by atoms with Gasteiger partial charge in [0.05, 0.1) is 22.5 Å². The van der Waals surface area contributed by atoms with Crippen molar-refractivity contribution in [3.8, 4) is 17.2 Å². The Balaban J connectivity index is 1.45. The Morgan fingerprint density at radius 2 is 1.85 bits per heavy atom. The fourth-order valence-corrected chi connectivity index (χ4v) is 4.24. The molecule has 3 heterocycles. The van der Waals surface area contributed by atoms with E-state index in [1.54, 1.807) is 11.6 Å². The van der Waals surface area contributed by atoms with Gasteiger partial charge in [-0.2, -0.15) is 10.2 Å². The molecule has 34 heavy (non-hydrogen) atoms. The minimum absolute atomic E-state index is 0.194. The molecule has 0 saturated heterocycles. The third-order valence-electron chi connectivity index (χ3n) is 6.03. The Labute approximate surface area is 195 Å². The maximum Gasteiger partial charge on any atom is 0.278 e. The first-order valence-corrected chi connectivity index (χ1v) is 11.2. The predicted molar refractivity (Wildman–Crippen MR) is 126 cm³/mol. The van der Waals surface area contributed by atoms with Crippen molar-refractivity contribution in [1.82, 2.24) is 24.9 Å². The molecule has 1 aliphatic heterocycles. The summed E-state index contributed by atoms with van der Waals surface area (Å²) in [5.74, 6) is 1.07. The number of nitrogens with zero attached hydrogens (tertiary/aromatic N) is 4. The molecule has 0 unspecified atom stereocenters. The zero-order valence-electron chi connectivity index (χ0n) is 19.2. The average molecular weight is 460 g/mol. The van der Waals surface area contributed by atoms with Crippen molar-refractivity contribution in [2.24, 2.45) is 0 Å². The van der Waals surface area contributed by atoms with Crippen LogP contribution in [0.15, 0.2) is 53.3 Å². The third kappa shape index (κ3) is 3.68. The number of carbonyl (C=O) groups excluding carboxylic acids is 1. The molecule has 2 aromatic heterocycles. The van der Waals surface area contributed by atoms with E-state index in [1.807, 2.05) is 62.4 Å². The molecule has 0 bridgehead atoms. The molecule has 2 aromatic carbocycles. The maximum atomic E-state index is 13.5. The van der Waals surface area contributed by atoms with E-state index < -0.39 is 6.04 Å². The molecule has 174 valence electrons. The van der Waals surface area contributed by atoms with Gasteiger partial charge >= 0.3 is 0 Å². The van der Waals surface area contributed by atoms with Gasteiger partial charge in [-0.25, -0.2) is 9.36 Å². The predicted octanol–water partition coefficient (Wildman–Crippen LogP) is 3.20. The summed E-state index contributed by atoms with van der Waals surface area (Å²) in [6.07, 6.45) is 0.413. The van der Waals surface area contributed by atoms with E-state index in [0.29, 0.717) is 46.8 Å². The van der Waals surface area contributed by atoms with Crippen LogP contribution in [0.4, 0.5) is 0 Å². The minimum atomic E-state index is -0.746. The summed E-state index contributed by atoms with van der Waals surface area (Å²) in [5.41, 5.74) is 3.24. The molecular weight excluding hydrogens is 434 g/mol. The first-order valence-electron chi connectivity index (χ1n) is 11.2. The van der Waals surface area contributed by atoms with Gasteiger partial charge < -0.3 is 14.8 Å². The van der Waals surface area contributed by atoms with Gasteiger partial charge in [-0.1, -0.05) is 31.2 Å². The van der Waals surface area contributed by atoms with Crippen molar-refractivity contribution in [1.29, 1.82) is 0 Å². The standard InChI is InChI=1S/C25H25N5O4/c1-4-19(24(31)26-13-17-10-11-20-21(12-17)34-14-33-20)30-25(32)22-16(3)29(18-8-6-5-7-9-18)28-23(22)15(2)27-30/h5-12,19H,4,13-14H2,1-3H3,(H,26,31)/t19-/m0/s1. The number of benzene rings is 2. The van der Waals surface area contributed by atoms with E-state index in [0.717, 1.165) is 11.3 Å². The SMILES string of the molecule is CC[C@@H](C(=O)NCc1ccc2c(c1)OCO2)n1nc(C)c2nn(-c3ccccc3)c(C)c2c1=O. The van der Waals surface area contributed by atoms with Crippen molar-refractivity contribution in [2.75, 3.05) is 6.79 Å². The summed E-state index contributed by atoms with van der Waals surface area (Å²) in [6, 6.07) is 14.4. The third-order valence-corrected chi connectivity index (χ3v) is 6.03. The first kappa shape index (κ1) is 21.7. The number of aryl methyl sites for hydroxylation is 2. The zero-order chi connectivity index (χ0) is 23.8. The lowest BCUT2D eigenvalue weighted by Crippen LogP contribution is -2.38. The number of para-hydroxylation sites is 1. The van der Waals surface area contributed by atoms with Crippen LogP contribution in [0.3, 0.4) is 0 Å². The maximum absolute atomic E-state index is 13.5. The lowest BCUT2D eigenvalue weighted by molar-refractivity contribution is -0.125. The van der Waals surface area contributed by atoms with Gasteiger partial charge in [0.2, 0.25) is 12.7 Å². The van der Waals surface area contributed by atoms with Crippen molar-refractivity contribution < 1.29 is 14.3 Å². The van der Waals surface area contributed by atoms with Crippen LogP contribution in [0.5, 0.6) is 11.5 Å². The molecule has 5 rings (SSSR count). The van der Waals surface area contributed by atoms with Crippen molar-refractivity contribution >= 4 is 16.8 Å². The average Bonchev–Trinajstić information content (AvgIpc) is 3.46. The lowest BCUT2D eigenvalue weighted by Gasteiger charge is -2.17. The van der Waals surface area contributed by atoms with E-state index in [2.05, 4.69) is 15.5 Å². The molecular formula is C25H25N5O4. The largest absolute Gasteiger partial charge is 0.454 e. The van der Waals surface area contributed by atoms with Crippen molar-refractivity contribution in [3.05, 3.63) is 75.8 Å².